The van der Waals surface area contributed by atoms with Gasteiger partial charge >= 0.3 is 0 Å². The third-order valence-electron chi connectivity index (χ3n) is 22.6. The fourth-order valence-electron chi connectivity index (χ4n) is 17.8. The molecule has 0 radical (unpaired) electrons. The average Bonchev–Trinajstić information content (AvgIpc) is 1.49. The molecule has 502 valence electrons. The molecule has 1 aliphatic carbocycles. The summed E-state index contributed by atoms with van der Waals surface area (Å²) in [6, 6.07) is 130. The van der Waals surface area contributed by atoms with Gasteiger partial charge in [0, 0.05) is 70.7 Å². The molecule has 0 saturated heterocycles. The van der Waals surface area contributed by atoms with Crippen molar-refractivity contribution in [2.24, 2.45) is 0 Å². The van der Waals surface area contributed by atoms with E-state index in [1.165, 1.54) is 38.5 Å². The van der Waals surface area contributed by atoms with E-state index in [-0.39, 0.29) is 0 Å². The monoisotopic (exact) mass is 1380 g/mol. The fourth-order valence-corrected chi connectivity index (χ4v) is 17.8. The molecule has 9 nitrogen and oxygen atoms in total. The van der Waals surface area contributed by atoms with E-state index < -0.39 is 0 Å². The predicted octanol–water partition coefficient (Wildman–Crippen LogP) is 24.7. The molecule has 7 heterocycles. The number of aromatic nitrogens is 9. The zero-order valence-electron chi connectivity index (χ0n) is 58.3. The molecule has 0 bridgehead atoms. The maximum absolute atomic E-state index is 6.62. The first-order valence-corrected chi connectivity index (χ1v) is 36.9. The molecule has 0 N–H and O–H groups in total. The number of hydrogen-bond donors (Lipinski definition) is 0. The van der Waals surface area contributed by atoms with Gasteiger partial charge in [-0.05, 0) is 148 Å². The van der Waals surface area contributed by atoms with Crippen LogP contribution in [0.2, 0.25) is 0 Å². The van der Waals surface area contributed by atoms with Crippen molar-refractivity contribution in [3.8, 4) is 96.2 Å². The Morgan fingerprint density at radius 3 is 0.935 bits per heavy atom. The summed E-state index contributed by atoms with van der Waals surface area (Å²) in [5.41, 5.74) is 25.2. The highest BCUT2D eigenvalue weighted by molar-refractivity contribution is 6.17. The van der Waals surface area contributed by atoms with Gasteiger partial charge in [0.15, 0.2) is 29.1 Å². The third kappa shape index (κ3) is 8.93. The van der Waals surface area contributed by atoms with Gasteiger partial charge in [-0.15, -0.1) is 0 Å². The molecule has 0 unspecified atom stereocenters. The predicted molar refractivity (Wildman–Crippen MR) is 445 cm³/mol. The van der Waals surface area contributed by atoms with Crippen LogP contribution in [0.25, 0.3) is 205 Å². The van der Waals surface area contributed by atoms with Crippen LogP contribution >= 0.6 is 0 Å². The highest BCUT2D eigenvalue weighted by atomic mass is 15.2. The van der Waals surface area contributed by atoms with E-state index in [0.717, 1.165) is 155 Å². The number of nitrogens with zero attached hydrogens (tertiary/aromatic N) is 9. The van der Waals surface area contributed by atoms with Crippen LogP contribution in [0.1, 0.15) is 11.1 Å². The first kappa shape index (κ1) is 59.9. The average molecular weight is 1380 g/mol. The summed E-state index contributed by atoms with van der Waals surface area (Å²) in [5.74, 6) is 2.89. The topological polar surface area (TPSA) is 76.2 Å². The summed E-state index contributed by atoms with van der Waals surface area (Å²) in [7, 11) is 0. The Hall–Kier alpha value is -14.5. The van der Waals surface area contributed by atoms with Crippen molar-refractivity contribution in [2.45, 2.75) is 6.42 Å². The lowest BCUT2D eigenvalue weighted by Gasteiger charge is -2.26. The van der Waals surface area contributed by atoms with E-state index >= 15 is 0 Å². The zero-order valence-corrected chi connectivity index (χ0v) is 58.3. The molecule has 0 amide bonds. The van der Waals surface area contributed by atoms with E-state index in [4.69, 9.17) is 19.9 Å². The van der Waals surface area contributed by atoms with Crippen LogP contribution in [0.5, 0.6) is 0 Å². The number of rotatable bonds is 10. The minimum absolute atomic E-state index is 0.464. The summed E-state index contributed by atoms with van der Waals surface area (Å²) < 4.78 is 12.2. The van der Waals surface area contributed by atoms with Gasteiger partial charge in [0.25, 0.3) is 0 Å². The van der Waals surface area contributed by atoms with Crippen LogP contribution in [0.4, 0.5) is 0 Å². The summed E-state index contributed by atoms with van der Waals surface area (Å²) >= 11 is 0. The van der Waals surface area contributed by atoms with Crippen molar-refractivity contribution in [2.75, 3.05) is 0 Å². The molecule has 0 aliphatic heterocycles. The maximum Gasteiger partial charge on any atom is 0.168 e. The van der Waals surface area contributed by atoms with E-state index in [2.05, 4.69) is 369 Å². The van der Waals surface area contributed by atoms with E-state index in [0.29, 0.717) is 29.1 Å². The van der Waals surface area contributed by atoms with Gasteiger partial charge in [0.2, 0.25) is 0 Å². The second-order valence-corrected chi connectivity index (χ2v) is 28.4. The van der Waals surface area contributed by atoms with Crippen molar-refractivity contribution < 1.29 is 0 Å². The van der Waals surface area contributed by atoms with Crippen molar-refractivity contribution in [1.82, 2.24) is 42.8 Å². The SMILES string of the molecule is c1ccc(-c2nc(-c3ccccc3)nc(-c3c(-n4c5ccccc5c5cc(-c6ccc7c(c6)-c6ccccc6C7)ccc54)c(-n4c5ccccc5c5ccccc54)nc(-n4c5ccccc5c5ccccc54)c3-n3c4ccccc4c4cc(-c5ccc6c(c5)c5ccccc5n6-c5ccccc5)ccc43)n2)cc1. The highest BCUT2D eigenvalue weighted by Gasteiger charge is 2.35. The summed E-state index contributed by atoms with van der Waals surface area (Å²) in [6.45, 7) is 0. The molecule has 1 aliphatic rings. The maximum atomic E-state index is 6.62. The lowest BCUT2D eigenvalue weighted by molar-refractivity contribution is 0.952. The largest absolute Gasteiger partial charge is 0.309 e. The van der Waals surface area contributed by atoms with Crippen molar-refractivity contribution in [3.63, 3.8) is 0 Å². The van der Waals surface area contributed by atoms with Crippen molar-refractivity contribution in [1.29, 1.82) is 0 Å². The number of benzene rings is 15. The molecule has 0 fully saturated rings. The number of fused-ring (bicyclic) bond motifs is 18. The van der Waals surface area contributed by atoms with E-state index in [1.807, 2.05) is 12.1 Å². The Kier molecular flexibility index (Phi) is 13.0. The Balaban J connectivity index is 0.907. The van der Waals surface area contributed by atoms with Crippen LogP contribution in [0.15, 0.2) is 358 Å². The van der Waals surface area contributed by atoms with Gasteiger partial charge < -0.3 is 13.7 Å². The van der Waals surface area contributed by atoms with Crippen molar-refractivity contribution in [3.05, 3.63) is 369 Å². The minimum Gasteiger partial charge on any atom is -0.309 e. The molecule has 22 aromatic rings. The van der Waals surface area contributed by atoms with E-state index in [1.54, 1.807) is 0 Å². The van der Waals surface area contributed by atoms with Gasteiger partial charge in [-0.25, -0.2) is 19.9 Å². The van der Waals surface area contributed by atoms with E-state index in [9.17, 15) is 0 Å². The number of pyridine rings is 1. The van der Waals surface area contributed by atoms with Gasteiger partial charge in [-0.2, -0.15) is 0 Å². The van der Waals surface area contributed by atoms with Crippen LogP contribution in [0.3, 0.4) is 0 Å². The van der Waals surface area contributed by atoms with Gasteiger partial charge in [0.05, 0.1) is 60.7 Å². The lowest BCUT2D eigenvalue weighted by Crippen LogP contribution is -2.17. The zero-order chi connectivity index (χ0) is 70.7. The molecule has 0 saturated carbocycles. The van der Waals surface area contributed by atoms with Crippen LogP contribution < -0.4 is 0 Å². The molecule has 9 heteroatoms. The van der Waals surface area contributed by atoms with Gasteiger partial charge in [-0.3, -0.25) is 9.13 Å². The Bertz CT molecular complexity index is 7350. The molecule has 0 atom stereocenters. The van der Waals surface area contributed by atoms with Crippen LogP contribution in [0, 0.1) is 0 Å². The molecular weight excluding hydrogens is 1320 g/mol. The quantitative estimate of drug-likeness (QED) is 0.137. The summed E-state index contributed by atoms with van der Waals surface area (Å²) in [6.07, 6.45) is 0.928. The van der Waals surface area contributed by atoms with Crippen LogP contribution in [-0.2, 0) is 6.42 Å². The van der Waals surface area contributed by atoms with Crippen LogP contribution in [-0.4, -0.2) is 42.8 Å². The van der Waals surface area contributed by atoms with Crippen molar-refractivity contribution >= 4 is 109 Å². The Morgan fingerprint density at radius 2 is 0.500 bits per heavy atom. The summed E-state index contributed by atoms with van der Waals surface area (Å²) in [4.78, 5) is 24.1. The molecule has 0 spiro atoms. The fraction of sp³-hybridized carbons (Fsp3) is 0.0101. The second-order valence-electron chi connectivity index (χ2n) is 28.4. The first-order chi connectivity index (χ1) is 53.6. The number of para-hydroxylation sites is 8. The lowest BCUT2D eigenvalue weighted by atomic mass is 9.97. The smallest absolute Gasteiger partial charge is 0.168 e. The first-order valence-electron chi connectivity index (χ1n) is 36.9. The Morgan fingerprint density at radius 1 is 0.194 bits per heavy atom. The Labute approximate surface area is 619 Å². The summed E-state index contributed by atoms with van der Waals surface area (Å²) in [5, 5.41) is 11.1. The highest BCUT2D eigenvalue weighted by Crippen LogP contribution is 2.51. The molecule has 23 rings (SSSR count). The normalized spacial score (nSPS) is 12.2. The molecule has 7 aromatic heterocycles. The molecule has 15 aromatic carbocycles. The molecular formula is C99H61N9. The standard InChI is InChI=1S/C99H61N9/c1-4-26-61(27-5-1)95-100-96(62-28-6-2-7-29-62)102-97(101-95)92-93(105-83-42-20-17-39-76(83)80-59-64(51-54-90(80)105)63-48-49-68-56-67-30-10-11-33-70(67)78(68)57-63)98(107-85-44-22-12-34-71(85)72-35-13-23-45-86(72)107)103-99(108-87-46-24-14-36-73(87)74-37-15-25-47-88(74)108)94(92)106-84-43-21-18-40-77(84)81-60-66(52-55-91(81)106)65-50-53-89-79(58-65)75-38-16-19-41-82(75)104(89)69-31-8-3-9-32-69/h1-55,57-60H,56H2. The number of hydrogen-bond acceptors (Lipinski definition) is 4. The second kappa shape index (κ2) is 23.5. The molecule has 108 heavy (non-hydrogen) atoms. The minimum atomic E-state index is 0.464. The van der Waals surface area contributed by atoms with Gasteiger partial charge in [0.1, 0.15) is 11.4 Å². The third-order valence-corrected chi connectivity index (χ3v) is 22.6. The van der Waals surface area contributed by atoms with Gasteiger partial charge in [-0.1, -0.05) is 261 Å².